The number of amides is 1. The highest BCUT2D eigenvalue weighted by Gasteiger charge is 2.20. The van der Waals surface area contributed by atoms with Crippen molar-refractivity contribution in [2.75, 3.05) is 20.3 Å². The number of hydrogen-bond donors (Lipinski definition) is 1. The third-order valence-electron chi connectivity index (χ3n) is 4.61. The van der Waals surface area contributed by atoms with E-state index in [4.69, 9.17) is 9.72 Å². The number of para-hydroxylation sites is 1. The van der Waals surface area contributed by atoms with Crippen LogP contribution in [0.5, 0.6) is 0 Å². The first-order valence-corrected chi connectivity index (χ1v) is 10.3. The van der Waals surface area contributed by atoms with Gasteiger partial charge in [0, 0.05) is 13.7 Å². The monoisotopic (exact) mass is 411 g/mol. The first kappa shape index (κ1) is 21.1. The van der Waals surface area contributed by atoms with Crippen LogP contribution in [0.1, 0.15) is 18.1 Å². The van der Waals surface area contributed by atoms with Gasteiger partial charge in [-0.15, -0.1) is 0 Å². The summed E-state index contributed by atoms with van der Waals surface area (Å²) in [5, 5.41) is 3.46. The summed E-state index contributed by atoms with van der Waals surface area (Å²) in [4.78, 5) is 30.5. The minimum atomic E-state index is -0.420. The Hall–Kier alpha value is -2.64. The van der Waals surface area contributed by atoms with E-state index in [-0.39, 0.29) is 11.5 Å². The van der Waals surface area contributed by atoms with Crippen LogP contribution in [0.25, 0.3) is 16.6 Å². The minimum absolute atomic E-state index is 0.123. The number of methoxy groups -OCH3 is 1. The summed E-state index contributed by atoms with van der Waals surface area (Å²) in [5.74, 6) is -0.123. The van der Waals surface area contributed by atoms with Gasteiger partial charge in [-0.2, -0.15) is 0 Å². The third-order valence-corrected chi connectivity index (χ3v) is 5.66. The molecule has 0 aliphatic carbocycles. The average molecular weight is 412 g/mol. The number of carbonyl (C=O) groups excluding carboxylic acids is 1. The van der Waals surface area contributed by atoms with Crippen LogP contribution in [0, 0.1) is 13.8 Å². The van der Waals surface area contributed by atoms with Crippen LogP contribution >= 0.6 is 11.8 Å². The molecule has 29 heavy (non-hydrogen) atoms. The van der Waals surface area contributed by atoms with Crippen LogP contribution in [0.2, 0.25) is 0 Å². The van der Waals surface area contributed by atoms with E-state index in [1.807, 2.05) is 57.2 Å². The largest absolute Gasteiger partial charge is 0.383 e. The molecule has 1 aromatic heterocycles. The van der Waals surface area contributed by atoms with Crippen molar-refractivity contribution in [1.29, 1.82) is 0 Å². The van der Waals surface area contributed by atoms with Gasteiger partial charge in [0.1, 0.15) is 0 Å². The molecule has 2 aromatic carbocycles. The summed E-state index contributed by atoms with van der Waals surface area (Å²) >= 11 is 1.27. The molecule has 7 heteroatoms. The number of aromatic nitrogens is 2. The maximum Gasteiger partial charge on any atom is 0.266 e. The summed E-state index contributed by atoms with van der Waals surface area (Å²) in [6, 6.07) is 13.3. The van der Waals surface area contributed by atoms with Gasteiger partial charge in [-0.05, 0) is 50.1 Å². The zero-order chi connectivity index (χ0) is 21.0. The van der Waals surface area contributed by atoms with Crippen molar-refractivity contribution < 1.29 is 9.53 Å². The second-order valence-corrected chi connectivity index (χ2v) is 8.19. The predicted octanol–water partition coefficient (Wildman–Crippen LogP) is 3.25. The summed E-state index contributed by atoms with van der Waals surface area (Å²) in [6.07, 6.45) is 0. The number of nitrogens with zero attached hydrogens (tertiary/aromatic N) is 2. The van der Waals surface area contributed by atoms with Gasteiger partial charge in [-0.25, -0.2) is 4.98 Å². The molecule has 3 aromatic rings. The fourth-order valence-electron chi connectivity index (χ4n) is 3.00. The second-order valence-electron chi connectivity index (χ2n) is 6.89. The summed E-state index contributed by atoms with van der Waals surface area (Å²) < 4.78 is 6.60. The van der Waals surface area contributed by atoms with Crippen molar-refractivity contribution in [2.45, 2.75) is 31.2 Å². The lowest BCUT2D eigenvalue weighted by Crippen LogP contribution is -2.34. The fraction of sp³-hybridized carbons (Fsp3) is 0.318. The van der Waals surface area contributed by atoms with Crippen LogP contribution in [0.3, 0.4) is 0 Å². The Morgan fingerprint density at radius 1 is 1.24 bits per heavy atom. The number of hydrogen-bond acceptors (Lipinski definition) is 5. The Kier molecular flexibility index (Phi) is 6.71. The van der Waals surface area contributed by atoms with Gasteiger partial charge in [-0.3, -0.25) is 14.2 Å². The standard InChI is InChI=1S/C22H25N3O3S/c1-14-9-10-15(2)19(13-14)25-21(27)17-7-5-6-8-18(17)24-22(25)29-16(3)20(26)23-11-12-28-4/h5-10,13,16H,11-12H2,1-4H3,(H,23,26)/t16-/m0/s1. The highest BCUT2D eigenvalue weighted by molar-refractivity contribution is 8.00. The van der Waals surface area contributed by atoms with Crippen molar-refractivity contribution in [2.24, 2.45) is 0 Å². The first-order valence-electron chi connectivity index (χ1n) is 9.45. The molecule has 0 bridgehead atoms. The first-order chi connectivity index (χ1) is 13.9. The molecule has 1 N–H and O–H groups in total. The Morgan fingerprint density at radius 2 is 2.00 bits per heavy atom. The Bertz CT molecular complexity index is 1090. The molecule has 3 rings (SSSR count). The van der Waals surface area contributed by atoms with Crippen LogP contribution in [0.15, 0.2) is 52.4 Å². The van der Waals surface area contributed by atoms with E-state index in [1.165, 1.54) is 11.8 Å². The van der Waals surface area contributed by atoms with Crippen molar-refractivity contribution in [3.05, 3.63) is 63.9 Å². The van der Waals surface area contributed by atoms with Gasteiger partial charge in [-0.1, -0.05) is 36.0 Å². The number of aryl methyl sites for hydroxylation is 2. The van der Waals surface area contributed by atoms with Crippen molar-refractivity contribution in [3.63, 3.8) is 0 Å². The van der Waals surface area contributed by atoms with Gasteiger partial charge in [0.05, 0.1) is 28.4 Å². The number of rotatable bonds is 7. The van der Waals surface area contributed by atoms with Crippen LogP contribution in [-0.2, 0) is 9.53 Å². The topological polar surface area (TPSA) is 73.2 Å². The quantitative estimate of drug-likeness (QED) is 0.367. The third kappa shape index (κ3) is 4.68. The molecule has 0 fully saturated rings. The Balaban J connectivity index is 2.09. The normalized spacial score (nSPS) is 12.1. The summed E-state index contributed by atoms with van der Waals surface area (Å²) in [7, 11) is 1.59. The minimum Gasteiger partial charge on any atom is -0.383 e. The van der Waals surface area contributed by atoms with E-state index < -0.39 is 5.25 Å². The second kappa shape index (κ2) is 9.24. The van der Waals surface area contributed by atoms with Crippen LogP contribution < -0.4 is 10.9 Å². The van der Waals surface area contributed by atoms with E-state index in [2.05, 4.69) is 5.32 Å². The van der Waals surface area contributed by atoms with Crippen LogP contribution in [0.4, 0.5) is 0 Å². The molecular formula is C22H25N3O3S. The number of fused-ring (bicyclic) bond motifs is 1. The number of ether oxygens (including phenoxy) is 1. The highest BCUT2D eigenvalue weighted by Crippen LogP contribution is 2.26. The highest BCUT2D eigenvalue weighted by atomic mass is 32.2. The Labute approximate surface area is 174 Å². The SMILES string of the molecule is COCCNC(=O)[C@H](C)Sc1nc2ccccc2c(=O)n1-c1cc(C)ccc1C. The van der Waals surface area contributed by atoms with E-state index >= 15 is 0 Å². The zero-order valence-corrected chi connectivity index (χ0v) is 17.9. The number of nitrogens with one attached hydrogen (secondary N) is 1. The van der Waals surface area contributed by atoms with Gasteiger partial charge in [0.15, 0.2) is 5.16 Å². The molecule has 0 saturated carbocycles. The molecule has 0 unspecified atom stereocenters. The van der Waals surface area contributed by atoms with E-state index in [0.717, 1.165) is 16.8 Å². The van der Waals surface area contributed by atoms with Crippen molar-refractivity contribution in [3.8, 4) is 5.69 Å². The molecule has 0 saturated heterocycles. The molecule has 1 heterocycles. The molecule has 152 valence electrons. The maximum absolute atomic E-state index is 13.4. The van der Waals surface area contributed by atoms with E-state index in [9.17, 15) is 9.59 Å². The van der Waals surface area contributed by atoms with Crippen LogP contribution in [-0.4, -0.2) is 41.0 Å². The number of thioether (sulfide) groups is 1. The van der Waals surface area contributed by atoms with Gasteiger partial charge in [0.2, 0.25) is 5.91 Å². The van der Waals surface area contributed by atoms with E-state index in [1.54, 1.807) is 17.7 Å². The molecular weight excluding hydrogens is 386 g/mol. The lowest BCUT2D eigenvalue weighted by atomic mass is 10.1. The lowest BCUT2D eigenvalue weighted by Gasteiger charge is -2.18. The molecule has 0 radical (unpaired) electrons. The molecule has 0 aliphatic heterocycles. The van der Waals surface area contributed by atoms with Gasteiger partial charge < -0.3 is 10.1 Å². The summed E-state index contributed by atoms with van der Waals surface area (Å²) in [6.45, 7) is 6.65. The molecule has 1 atom stereocenters. The Morgan fingerprint density at radius 3 is 2.76 bits per heavy atom. The zero-order valence-electron chi connectivity index (χ0n) is 17.1. The molecule has 0 spiro atoms. The average Bonchev–Trinajstić information content (AvgIpc) is 2.70. The number of carbonyl (C=O) groups is 1. The molecule has 6 nitrogen and oxygen atoms in total. The van der Waals surface area contributed by atoms with Crippen molar-refractivity contribution >= 4 is 28.6 Å². The van der Waals surface area contributed by atoms with Gasteiger partial charge in [0.25, 0.3) is 5.56 Å². The maximum atomic E-state index is 13.4. The molecule has 1 amide bonds. The summed E-state index contributed by atoms with van der Waals surface area (Å²) in [5.41, 5.74) is 3.27. The predicted molar refractivity (Wildman–Crippen MR) is 117 cm³/mol. The lowest BCUT2D eigenvalue weighted by molar-refractivity contribution is -0.120. The van der Waals surface area contributed by atoms with E-state index in [0.29, 0.717) is 29.2 Å². The molecule has 0 aliphatic rings. The van der Waals surface area contributed by atoms with Crippen molar-refractivity contribution in [1.82, 2.24) is 14.9 Å². The fourth-order valence-corrected chi connectivity index (χ4v) is 3.94. The smallest absolute Gasteiger partial charge is 0.266 e. The number of benzene rings is 2. The van der Waals surface area contributed by atoms with Gasteiger partial charge >= 0.3 is 0 Å².